The summed E-state index contributed by atoms with van der Waals surface area (Å²) in [6.45, 7) is 7.38. The van der Waals surface area contributed by atoms with Gasteiger partial charge in [0, 0.05) is 30.3 Å². The number of benzene rings is 2. The molecule has 0 saturated carbocycles. The van der Waals surface area contributed by atoms with Crippen LogP contribution in [0.5, 0.6) is 5.75 Å². The van der Waals surface area contributed by atoms with Crippen LogP contribution in [-0.2, 0) is 17.6 Å². The zero-order valence-corrected chi connectivity index (χ0v) is 20.8. The summed E-state index contributed by atoms with van der Waals surface area (Å²) in [7, 11) is 0. The van der Waals surface area contributed by atoms with Crippen LogP contribution in [0.15, 0.2) is 40.9 Å². The molecule has 9 heteroatoms. The average molecular weight is 490 g/mol. The number of fused-ring (bicyclic) bond motifs is 1. The van der Waals surface area contributed by atoms with Gasteiger partial charge in [-0.15, -0.1) is 0 Å². The SMILES string of the molecule is CC(CO)NC(=O)CN1CCc2ccc(-c3noc(-c4ccc(OC(C)C)c(C#N)c4)n3)cc2CC1. The van der Waals surface area contributed by atoms with Gasteiger partial charge in [0.2, 0.25) is 11.7 Å². The van der Waals surface area contributed by atoms with Crippen molar-refractivity contribution < 1.29 is 19.2 Å². The number of hydrogen-bond donors (Lipinski definition) is 2. The van der Waals surface area contributed by atoms with Crippen molar-refractivity contribution in [1.82, 2.24) is 20.4 Å². The van der Waals surface area contributed by atoms with Crippen molar-refractivity contribution in [3.05, 3.63) is 53.1 Å². The topological polar surface area (TPSA) is 125 Å². The van der Waals surface area contributed by atoms with E-state index in [4.69, 9.17) is 14.4 Å². The summed E-state index contributed by atoms with van der Waals surface area (Å²) in [5, 5.41) is 25.6. The van der Waals surface area contributed by atoms with Gasteiger partial charge in [-0.3, -0.25) is 9.69 Å². The first kappa shape index (κ1) is 25.4. The number of aliphatic hydroxyl groups excluding tert-OH is 1. The Kier molecular flexibility index (Phi) is 7.98. The quantitative estimate of drug-likeness (QED) is 0.495. The van der Waals surface area contributed by atoms with Crippen molar-refractivity contribution in [3.8, 4) is 34.7 Å². The summed E-state index contributed by atoms with van der Waals surface area (Å²) in [5.74, 6) is 1.26. The Hall–Kier alpha value is -3.74. The van der Waals surface area contributed by atoms with Crippen molar-refractivity contribution in [1.29, 1.82) is 5.26 Å². The molecule has 1 unspecified atom stereocenters. The molecule has 1 amide bonds. The van der Waals surface area contributed by atoms with Crippen molar-refractivity contribution in [2.75, 3.05) is 26.2 Å². The van der Waals surface area contributed by atoms with E-state index < -0.39 is 0 Å². The molecule has 1 aromatic heterocycles. The number of rotatable bonds is 8. The van der Waals surface area contributed by atoms with Gasteiger partial charge in [-0.1, -0.05) is 17.3 Å². The molecular formula is C27H31N5O4. The van der Waals surface area contributed by atoms with E-state index >= 15 is 0 Å². The van der Waals surface area contributed by atoms with Gasteiger partial charge in [-0.05, 0) is 69.0 Å². The third kappa shape index (κ3) is 6.08. The van der Waals surface area contributed by atoms with Gasteiger partial charge >= 0.3 is 0 Å². The van der Waals surface area contributed by atoms with Crippen molar-refractivity contribution in [3.63, 3.8) is 0 Å². The van der Waals surface area contributed by atoms with E-state index in [9.17, 15) is 10.1 Å². The van der Waals surface area contributed by atoms with E-state index in [-0.39, 0.29) is 24.7 Å². The van der Waals surface area contributed by atoms with E-state index in [1.807, 2.05) is 19.9 Å². The van der Waals surface area contributed by atoms with Gasteiger partial charge in [-0.25, -0.2) is 0 Å². The Morgan fingerprint density at radius 2 is 1.92 bits per heavy atom. The highest BCUT2D eigenvalue weighted by Crippen LogP contribution is 2.29. The zero-order valence-electron chi connectivity index (χ0n) is 20.8. The van der Waals surface area contributed by atoms with Crippen molar-refractivity contribution in [2.45, 2.75) is 45.8 Å². The number of hydrogen-bond acceptors (Lipinski definition) is 8. The molecule has 4 rings (SSSR count). The Morgan fingerprint density at radius 1 is 1.17 bits per heavy atom. The molecule has 2 aromatic carbocycles. The number of nitrogens with one attached hydrogen (secondary N) is 1. The van der Waals surface area contributed by atoms with E-state index in [0.717, 1.165) is 31.5 Å². The van der Waals surface area contributed by atoms with Gasteiger partial charge in [0.15, 0.2) is 0 Å². The molecule has 1 aliphatic rings. The summed E-state index contributed by atoms with van der Waals surface area (Å²) in [4.78, 5) is 18.9. The minimum absolute atomic E-state index is 0.0367. The molecule has 1 aliphatic heterocycles. The molecule has 0 bridgehead atoms. The first-order valence-electron chi connectivity index (χ1n) is 12.2. The van der Waals surface area contributed by atoms with Crippen molar-refractivity contribution in [2.24, 2.45) is 0 Å². The first-order valence-corrected chi connectivity index (χ1v) is 12.2. The van der Waals surface area contributed by atoms with Gasteiger partial charge in [-0.2, -0.15) is 10.2 Å². The number of carbonyl (C=O) groups excluding carboxylic acids is 1. The predicted molar refractivity (Wildman–Crippen MR) is 134 cm³/mol. The minimum atomic E-state index is -0.248. The molecule has 36 heavy (non-hydrogen) atoms. The second kappa shape index (κ2) is 11.3. The normalized spacial score (nSPS) is 14.6. The lowest BCUT2D eigenvalue weighted by molar-refractivity contribution is -0.123. The number of amides is 1. The number of aromatic nitrogens is 2. The highest BCUT2D eigenvalue weighted by Gasteiger charge is 2.19. The molecule has 0 saturated heterocycles. The summed E-state index contributed by atoms with van der Waals surface area (Å²) in [6.07, 6.45) is 1.61. The zero-order chi connectivity index (χ0) is 25.7. The maximum atomic E-state index is 12.2. The number of ether oxygens (including phenoxy) is 1. The van der Waals surface area contributed by atoms with Crippen LogP contribution < -0.4 is 10.1 Å². The van der Waals surface area contributed by atoms with Crippen LogP contribution in [0.4, 0.5) is 0 Å². The molecule has 0 fully saturated rings. The lowest BCUT2D eigenvalue weighted by Crippen LogP contribution is -2.43. The molecule has 2 N–H and O–H groups in total. The maximum absolute atomic E-state index is 12.2. The Bertz CT molecular complexity index is 1260. The first-order chi connectivity index (χ1) is 17.4. The number of aliphatic hydroxyl groups is 1. The Labute approximate surface area is 210 Å². The van der Waals surface area contributed by atoms with E-state index in [1.54, 1.807) is 25.1 Å². The minimum Gasteiger partial charge on any atom is -0.490 e. The number of carbonyl (C=O) groups is 1. The summed E-state index contributed by atoms with van der Waals surface area (Å²) >= 11 is 0. The predicted octanol–water partition coefficient (Wildman–Crippen LogP) is 2.96. The van der Waals surface area contributed by atoms with Crippen LogP contribution >= 0.6 is 0 Å². The van der Waals surface area contributed by atoms with Gasteiger partial charge in [0.05, 0.1) is 24.8 Å². The van der Waals surface area contributed by atoms with Crippen LogP contribution in [0, 0.1) is 11.3 Å². The van der Waals surface area contributed by atoms with E-state index in [0.29, 0.717) is 35.1 Å². The Morgan fingerprint density at radius 3 is 2.64 bits per heavy atom. The smallest absolute Gasteiger partial charge is 0.258 e. The van der Waals surface area contributed by atoms with Crippen LogP contribution in [-0.4, -0.2) is 64.4 Å². The summed E-state index contributed by atoms with van der Waals surface area (Å²) < 4.78 is 11.2. The molecule has 1 atom stereocenters. The third-order valence-corrected chi connectivity index (χ3v) is 6.04. The number of nitriles is 1. The molecule has 0 radical (unpaired) electrons. The molecule has 0 spiro atoms. The van der Waals surface area contributed by atoms with Gasteiger partial charge in [0.1, 0.15) is 11.8 Å². The molecular weight excluding hydrogens is 458 g/mol. The molecule has 188 valence electrons. The maximum Gasteiger partial charge on any atom is 0.258 e. The fourth-order valence-electron chi connectivity index (χ4n) is 4.20. The standard InChI is InChI=1S/C27H31N5O4/c1-17(2)35-24-7-6-22(13-23(24)14-28)27-30-26(31-36-27)21-5-4-19-8-10-32(11-9-20(19)12-21)15-25(34)29-18(3)16-33/h4-7,12-13,17-18,33H,8-11,15-16H2,1-3H3,(H,29,34). The molecule has 2 heterocycles. The largest absolute Gasteiger partial charge is 0.490 e. The fraction of sp³-hybridized carbons (Fsp3) is 0.407. The van der Waals surface area contributed by atoms with E-state index in [2.05, 4.69) is 38.6 Å². The molecule has 0 aliphatic carbocycles. The summed E-state index contributed by atoms with van der Waals surface area (Å²) in [5.41, 5.74) is 4.36. The second-order valence-electron chi connectivity index (χ2n) is 9.32. The number of nitrogens with zero attached hydrogens (tertiary/aromatic N) is 4. The fourth-order valence-corrected chi connectivity index (χ4v) is 4.20. The lowest BCUT2D eigenvalue weighted by Gasteiger charge is -2.20. The van der Waals surface area contributed by atoms with Gasteiger partial charge in [0.25, 0.3) is 5.89 Å². The molecule has 9 nitrogen and oxygen atoms in total. The van der Waals surface area contributed by atoms with Crippen LogP contribution in [0.3, 0.4) is 0 Å². The monoisotopic (exact) mass is 489 g/mol. The second-order valence-corrected chi connectivity index (χ2v) is 9.32. The summed E-state index contributed by atoms with van der Waals surface area (Å²) in [6, 6.07) is 13.3. The van der Waals surface area contributed by atoms with Gasteiger partial charge < -0.3 is 19.7 Å². The Balaban J connectivity index is 1.47. The highest BCUT2D eigenvalue weighted by atomic mass is 16.5. The van der Waals surface area contributed by atoms with E-state index in [1.165, 1.54) is 11.1 Å². The third-order valence-electron chi connectivity index (χ3n) is 6.04. The van der Waals surface area contributed by atoms with Crippen LogP contribution in [0.1, 0.15) is 37.5 Å². The van der Waals surface area contributed by atoms with Crippen LogP contribution in [0.25, 0.3) is 22.8 Å². The van der Waals surface area contributed by atoms with Crippen molar-refractivity contribution >= 4 is 5.91 Å². The highest BCUT2D eigenvalue weighted by molar-refractivity contribution is 5.78. The lowest BCUT2D eigenvalue weighted by atomic mass is 10.00. The van der Waals surface area contributed by atoms with Crippen LogP contribution in [0.2, 0.25) is 0 Å². The average Bonchev–Trinajstić information content (AvgIpc) is 3.27. The molecule has 3 aromatic rings.